The van der Waals surface area contributed by atoms with E-state index in [2.05, 4.69) is 10.3 Å². The van der Waals surface area contributed by atoms with Gasteiger partial charge in [-0.2, -0.15) is 0 Å². The number of rotatable bonds is 6. The summed E-state index contributed by atoms with van der Waals surface area (Å²) in [5.41, 5.74) is 1.57. The molecule has 0 saturated carbocycles. The molecule has 1 fully saturated rings. The van der Waals surface area contributed by atoms with E-state index in [0.717, 1.165) is 16.3 Å². The molecule has 1 aliphatic heterocycles. The Hall–Kier alpha value is -3.33. The van der Waals surface area contributed by atoms with Crippen LogP contribution in [0.4, 0.5) is 11.4 Å². The number of nitrogens with zero attached hydrogens (tertiary/aromatic N) is 2. The van der Waals surface area contributed by atoms with Crippen LogP contribution < -0.4 is 15.0 Å². The minimum Gasteiger partial charge on any atom is -0.497 e. The number of hydrogen-bond donors (Lipinski definition) is 1. The average molecular weight is 442 g/mol. The predicted octanol–water partition coefficient (Wildman–Crippen LogP) is 3.33. The van der Waals surface area contributed by atoms with E-state index in [1.54, 1.807) is 45.3 Å². The number of aliphatic imine (C=N–C) groups is 1. The van der Waals surface area contributed by atoms with Gasteiger partial charge in [-0.3, -0.25) is 14.6 Å². The van der Waals surface area contributed by atoms with Crippen LogP contribution in [0.3, 0.4) is 0 Å². The zero-order chi connectivity index (χ0) is 22.4. The normalized spacial score (nSPS) is 16.4. The summed E-state index contributed by atoms with van der Waals surface area (Å²) in [6.07, 6.45) is 0.0619. The predicted molar refractivity (Wildman–Crippen MR) is 121 cm³/mol. The summed E-state index contributed by atoms with van der Waals surface area (Å²) in [6.45, 7) is 2.00. The summed E-state index contributed by atoms with van der Waals surface area (Å²) < 4.78 is 10.1. The van der Waals surface area contributed by atoms with Crippen LogP contribution in [0.15, 0.2) is 53.5 Å². The molecular weight excluding hydrogens is 418 g/mol. The highest BCUT2D eigenvalue weighted by Crippen LogP contribution is 2.31. The van der Waals surface area contributed by atoms with Gasteiger partial charge in [0.15, 0.2) is 5.17 Å². The summed E-state index contributed by atoms with van der Waals surface area (Å²) >= 11 is 1.20. The highest BCUT2D eigenvalue weighted by Gasteiger charge is 2.40. The fourth-order valence-electron chi connectivity index (χ4n) is 3.00. The molecule has 0 bridgehead atoms. The van der Waals surface area contributed by atoms with Gasteiger partial charge < -0.3 is 14.8 Å². The van der Waals surface area contributed by atoms with E-state index >= 15 is 0 Å². The van der Waals surface area contributed by atoms with Gasteiger partial charge >= 0.3 is 5.97 Å². The molecule has 3 rings (SSSR count). The lowest BCUT2D eigenvalue weighted by Crippen LogP contribution is -2.31. The van der Waals surface area contributed by atoms with Gasteiger partial charge in [0.2, 0.25) is 11.8 Å². The van der Waals surface area contributed by atoms with E-state index in [4.69, 9.17) is 9.47 Å². The van der Waals surface area contributed by atoms with Crippen molar-refractivity contribution in [3.05, 3.63) is 54.1 Å². The van der Waals surface area contributed by atoms with Crippen molar-refractivity contribution in [1.29, 1.82) is 0 Å². The molecule has 1 atom stereocenters. The minimum atomic E-state index is -0.596. The third-order valence-electron chi connectivity index (χ3n) is 4.54. The minimum absolute atomic E-state index is 0.0619. The maximum Gasteiger partial charge on any atom is 0.338 e. The third kappa shape index (κ3) is 5.24. The van der Waals surface area contributed by atoms with E-state index in [9.17, 15) is 14.4 Å². The first-order chi connectivity index (χ1) is 15.0. The van der Waals surface area contributed by atoms with Crippen LogP contribution in [-0.4, -0.2) is 49.0 Å². The largest absolute Gasteiger partial charge is 0.497 e. The standard InChI is InChI=1S/C22H23N3O5S/c1-4-30-21(28)14-5-9-16(10-6-14)25-19(26)13-18(20(25)27)31-22(23-2)24-15-7-11-17(29-3)12-8-15/h5-12,18H,4,13H2,1-3H3,(H,23,24). The first-order valence-corrected chi connectivity index (χ1v) is 10.5. The summed E-state index contributed by atoms with van der Waals surface area (Å²) in [7, 11) is 3.21. The van der Waals surface area contributed by atoms with Crippen LogP contribution in [0, 0.1) is 0 Å². The van der Waals surface area contributed by atoms with Gasteiger partial charge in [-0.25, -0.2) is 9.69 Å². The summed E-state index contributed by atoms with van der Waals surface area (Å²) in [5.74, 6) is -0.341. The van der Waals surface area contributed by atoms with Crippen molar-refractivity contribution >= 4 is 46.1 Å². The van der Waals surface area contributed by atoms with Gasteiger partial charge in [0.25, 0.3) is 0 Å². The Bertz CT molecular complexity index is 989. The Morgan fingerprint density at radius 2 is 1.84 bits per heavy atom. The van der Waals surface area contributed by atoms with E-state index in [1.165, 1.54) is 11.8 Å². The van der Waals surface area contributed by atoms with E-state index < -0.39 is 11.2 Å². The van der Waals surface area contributed by atoms with Crippen molar-refractivity contribution in [3.8, 4) is 5.75 Å². The van der Waals surface area contributed by atoms with Crippen molar-refractivity contribution in [2.75, 3.05) is 31.0 Å². The monoisotopic (exact) mass is 441 g/mol. The van der Waals surface area contributed by atoms with Crippen LogP contribution in [-0.2, 0) is 14.3 Å². The van der Waals surface area contributed by atoms with E-state index in [-0.39, 0.29) is 24.8 Å². The Balaban J connectivity index is 1.68. The van der Waals surface area contributed by atoms with Crippen molar-refractivity contribution in [1.82, 2.24) is 0 Å². The fraction of sp³-hybridized carbons (Fsp3) is 0.273. The molecule has 2 amide bonds. The molecule has 1 saturated heterocycles. The van der Waals surface area contributed by atoms with Crippen LogP contribution in [0.5, 0.6) is 5.75 Å². The second kappa shape index (κ2) is 10.1. The molecule has 0 spiro atoms. The number of imide groups is 1. The van der Waals surface area contributed by atoms with Crippen molar-refractivity contribution in [2.45, 2.75) is 18.6 Å². The first-order valence-electron chi connectivity index (χ1n) is 9.65. The Labute approximate surface area is 184 Å². The lowest BCUT2D eigenvalue weighted by atomic mass is 10.2. The third-order valence-corrected chi connectivity index (χ3v) is 5.70. The molecular formula is C22H23N3O5S. The zero-order valence-electron chi connectivity index (χ0n) is 17.5. The van der Waals surface area contributed by atoms with Gasteiger partial charge in [-0.05, 0) is 55.5 Å². The molecule has 0 aliphatic carbocycles. The highest BCUT2D eigenvalue weighted by molar-refractivity contribution is 8.15. The first kappa shape index (κ1) is 22.4. The molecule has 9 heteroatoms. The Morgan fingerprint density at radius 3 is 2.42 bits per heavy atom. The molecule has 0 radical (unpaired) electrons. The molecule has 1 heterocycles. The number of hydrogen-bond acceptors (Lipinski definition) is 7. The van der Waals surface area contributed by atoms with Gasteiger partial charge in [0.05, 0.1) is 25.0 Å². The van der Waals surface area contributed by atoms with Gasteiger partial charge in [-0.15, -0.1) is 0 Å². The van der Waals surface area contributed by atoms with Gasteiger partial charge in [-0.1, -0.05) is 11.8 Å². The van der Waals surface area contributed by atoms with Crippen LogP contribution in [0.25, 0.3) is 0 Å². The molecule has 1 unspecified atom stereocenters. The molecule has 162 valence electrons. The topological polar surface area (TPSA) is 97.3 Å². The fourth-order valence-corrected chi connectivity index (χ4v) is 3.98. The number of anilines is 2. The summed E-state index contributed by atoms with van der Waals surface area (Å²) in [4.78, 5) is 42.6. The van der Waals surface area contributed by atoms with Gasteiger partial charge in [0.1, 0.15) is 11.0 Å². The zero-order valence-corrected chi connectivity index (χ0v) is 18.3. The number of thioether (sulfide) groups is 1. The number of amides is 2. The summed E-state index contributed by atoms with van der Waals surface area (Å²) in [6, 6.07) is 13.5. The lowest BCUT2D eigenvalue weighted by Gasteiger charge is -2.16. The molecule has 1 N–H and O–H groups in total. The van der Waals surface area contributed by atoms with E-state index in [1.807, 2.05) is 24.3 Å². The van der Waals surface area contributed by atoms with Gasteiger partial charge in [0, 0.05) is 19.2 Å². The number of carbonyl (C=O) groups is 3. The van der Waals surface area contributed by atoms with Crippen molar-refractivity contribution in [2.24, 2.45) is 4.99 Å². The second-order valence-corrected chi connectivity index (χ2v) is 7.72. The molecule has 31 heavy (non-hydrogen) atoms. The number of nitrogens with one attached hydrogen (secondary N) is 1. The SMILES string of the molecule is CCOC(=O)c1ccc(N2C(=O)CC(SC(=NC)Nc3ccc(OC)cc3)C2=O)cc1. The molecule has 2 aromatic carbocycles. The van der Waals surface area contributed by atoms with Crippen molar-refractivity contribution < 1.29 is 23.9 Å². The molecule has 2 aromatic rings. The number of carbonyl (C=O) groups excluding carboxylic acids is 3. The number of amidine groups is 1. The summed E-state index contributed by atoms with van der Waals surface area (Å²) in [5, 5.41) is 3.08. The lowest BCUT2D eigenvalue weighted by molar-refractivity contribution is -0.121. The Morgan fingerprint density at radius 1 is 1.16 bits per heavy atom. The van der Waals surface area contributed by atoms with Crippen LogP contribution >= 0.6 is 11.8 Å². The smallest absolute Gasteiger partial charge is 0.338 e. The Kier molecular flexibility index (Phi) is 7.30. The molecule has 0 aromatic heterocycles. The number of ether oxygens (including phenoxy) is 2. The molecule has 8 nitrogen and oxygen atoms in total. The average Bonchev–Trinajstić information content (AvgIpc) is 3.06. The van der Waals surface area contributed by atoms with Crippen LogP contribution in [0.1, 0.15) is 23.7 Å². The van der Waals surface area contributed by atoms with Crippen molar-refractivity contribution in [3.63, 3.8) is 0 Å². The quantitative estimate of drug-likeness (QED) is 0.318. The number of esters is 1. The van der Waals surface area contributed by atoms with Crippen LogP contribution in [0.2, 0.25) is 0 Å². The second-order valence-electron chi connectivity index (χ2n) is 6.53. The highest BCUT2D eigenvalue weighted by atomic mass is 32.2. The molecule has 1 aliphatic rings. The maximum atomic E-state index is 12.9. The number of benzene rings is 2. The number of methoxy groups -OCH3 is 1. The maximum absolute atomic E-state index is 12.9. The van der Waals surface area contributed by atoms with E-state index in [0.29, 0.717) is 16.4 Å².